The molecule has 2 unspecified atom stereocenters. The third-order valence-corrected chi connectivity index (χ3v) is 5.47. The van der Waals surface area contributed by atoms with Crippen LogP contribution < -0.4 is 4.74 Å². The Bertz CT molecular complexity index is 1270. The maximum Gasteiger partial charge on any atom is 0.411 e. The molecule has 1 aromatic heterocycles. The quantitative estimate of drug-likeness (QED) is 0.606. The summed E-state index contributed by atoms with van der Waals surface area (Å²) in [7, 11) is 0. The Labute approximate surface area is 197 Å². The van der Waals surface area contributed by atoms with Crippen molar-refractivity contribution < 1.29 is 24.2 Å². The highest BCUT2D eigenvalue weighted by molar-refractivity contribution is 5.90. The van der Waals surface area contributed by atoms with Gasteiger partial charge in [-0.3, -0.25) is 4.90 Å². The Hall–Kier alpha value is -4.12. The smallest absolute Gasteiger partial charge is 0.411 e. The summed E-state index contributed by atoms with van der Waals surface area (Å²) in [5.74, 6) is -0.751. The van der Waals surface area contributed by atoms with Crippen molar-refractivity contribution in [2.45, 2.75) is 44.9 Å². The molecular weight excluding hydrogens is 434 g/mol. The number of pyridine rings is 1. The first kappa shape index (κ1) is 23.1. The number of benzene rings is 2. The van der Waals surface area contributed by atoms with Crippen LogP contribution in [0.5, 0.6) is 5.88 Å². The van der Waals surface area contributed by atoms with Crippen molar-refractivity contribution in [2.24, 2.45) is 0 Å². The number of hydrogen-bond acceptors (Lipinski definition) is 6. The molecule has 8 nitrogen and oxygen atoms in total. The number of likely N-dealkylation sites (tertiary alicyclic amines) is 1. The molecule has 3 aromatic rings. The van der Waals surface area contributed by atoms with Gasteiger partial charge in [0.05, 0.1) is 23.9 Å². The fourth-order valence-corrected chi connectivity index (χ4v) is 3.92. The first-order valence-corrected chi connectivity index (χ1v) is 10.9. The van der Waals surface area contributed by atoms with Gasteiger partial charge in [-0.25, -0.2) is 14.6 Å². The highest BCUT2D eigenvalue weighted by Crippen LogP contribution is 2.32. The number of ether oxygens (including phenoxy) is 2. The maximum absolute atomic E-state index is 12.6. The molecule has 1 amide bonds. The van der Waals surface area contributed by atoms with Crippen molar-refractivity contribution in [3.05, 3.63) is 60.2 Å². The van der Waals surface area contributed by atoms with E-state index in [9.17, 15) is 14.7 Å². The molecule has 2 aromatic carbocycles. The van der Waals surface area contributed by atoms with Gasteiger partial charge in [-0.1, -0.05) is 30.3 Å². The van der Waals surface area contributed by atoms with Crippen molar-refractivity contribution in [1.29, 1.82) is 5.26 Å². The van der Waals surface area contributed by atoms with Gasteiger partial charge in [-0.2, -0.15) is 5.26 Å². The largest absolute Gasteiger partial charge is 0.480 e. The van der Waals surface area contributed by atoms with Crippen LogP contribution in [0.2, 0.25) is 0 Å². The number of nitrogens with zero attached hydrogens (tertiary/aromatic N) is 3. The van der Waals surface area contributed by atoms with Crippen molar-refractivity contribution in [3.8, 4) is 23.2 Å². The van der Waals surface area contributed by atoms with E-state index in [-0.39, 0.29) is 13.0 Å². The van der Waals surface area contributed by atoms with Gasteiger partial charge in [-0.15, -0.1) is 0 Å². The average molecular weight is 460 g/mol. The zero-order chi connectivity index (χ0) is 24.5. The van der Waals surface area contributed by atoms with Gasteiger partial charge in [-0.05, 0) is 50.4 Å². The zero-order valence-corrected chi connectivity index (χ0v) is 19.2. The Balaban J connectivity index is 1.65. The first-order chi connectivity index (χ1) is 16.1. The van der Waals surface area contributed by atoms with Crippen LogP contribution in [0, 0.1) is 11.3 Å². The maximum atomic E-state index is 12.6. The molecule has 0 saturated carbocycles. The fraction of sp³-hybridized carbons (Fsp3) is 0.308. The Morgan fingerprint density at radius 3 is 2.50 bits per heavy atom. The number of nitriles is 1. The van der Waals surface area contributed by atoms with Crippen molar-refractivity contribution in [3.63, 3.8) is 0 Å². The number of carbonyl (C=O) groups excluding carboxylic acids is 1. The van der Waals surface area contributed by atoms with Crippen LogP contribution in [-0.4, -0.2) is 51.3 Å². The predicted octanol–water partition coefficient (Wildman–Crippen LogP) is 4.61. The van der Waals surface area contributed by atoms with Gasteiger partial charge in [0.1, 0.15) is 17.7 Å². The van der Waals surface area contributed by atoms with Crippen molar-refractivity contribution in [2.75, 3.05) is 6.54 Å². The summed E-state index contributed by atoms with van der Waals surface area (Å²) in [6.45, 7) is 5.27. The molecule has 34 heavy (non-hydrogen) atoms. The van der Waals surface area contributed by atoms with Gasteiger partial charge in [0.15, 0.2) is 0 Å². The fourth-order valence-electron chi connectivity index (χ4n) is 3.92. The van der Waals surface area contributed by atoms with E-state index in [2.05, 4.69) is 6.07 Å². The molecule has 174 valence electrons. The summed E-state index contributed by atoms with van der Waals surface area (Å²) in [6, 6.07) is 17.7. The van der Waals surface area contributed by atoms with Crippen LogP contribution >= 0.6 is 0 Å². The molecule has 2 heterocycles. The molecule has 0 aliphatic carbocycles. The minimum Gasteiger partial charge on any atom is -0.480 e. The third kappa shape index (κ3) is 4.94. The first-order valence-electron chi connectivity index (χ1n) is 10.9. The molecule has 1 fully saturated rings. The van der Waals surface area contributed by atoms with E-state index in [1.54, 1.807) is 32.9 Å². The number of hydrogen-bond donors (Lipinski definition) is 1. The molecule has 1 N–H and O–H groups in total. The molecule has 1 aliphatic rings. The van der Waals surface area contributed by atoms with Crippen LogP contribution in [-0.2, 0) is 9.53 Å². The Morgan fingerprint density at radius 2 is 1.85 bits per heavy atom. The van der Waals surface area contributed by atoms with Gasteiger partial charge >= 0.3 is 12.1 Å². The van der Waals surface area contributed by atoms with Gasteiger partial charge in [0, 0.05) is 17.4 Å². The second-order valence-corrected chi connectivity index (χ2v) is 9.19. The standard InChI is InChI=1S/C26H25N3O5/c1-26(2,3)34-25(32)29-15-19(13-22(29)24(30)31)33-23-20-7-5-4-6-18(20)12-21(28-23)17-10-8-16(14-27)9-11-17/h4-12,19,22H,13,15H2,1-3H3,(H,30,31). The summed E-state index contributed by atoms with van der Waals surface area (Å²) in [6.07, 6.45) is -1.14. The minimum atomic E-state index is -1.11. The van der Waals surface area contributed by atoms with Crippen molar-refractivity contribution in [1.82, 2.24) is 9.88 Å². The van der Waals surface area contributed by atoms with E-state index >= 15 is 0 Å². The van der Waals surface area contributed by atoms with Crippen LogP contribution in [0.1, 0.15) is 32.8 Å². The van der Waals surface area contributed by atoms with Crippen LogP contribution in [0.25, 0.3) is 22.0 Å². The summed E-state index contributed by atoms with van der Waals surface area (Å²) in [5.41, 5.74) is 1.29. The second kappa shape index (κ2) is 9.02. The van der Waals surface area contributed by atoms with E-state index in [1.165, 1.54) is 4.90 Å². The number of carbonyl (C=O) groups is 2. The van der Waals surface area contributed by atoms with Gasteiger partial charge in [0.2, 0.25) is 5.88 Å². The van der Waals surface area contributed by atoms with E-state index in [1.807, 2.05) is 42.5 Å². The van der Waals surface area contributed by atoms with E-state index < -0.39 is 29.8 Å². The number of aliphatic carboxylic acids is 1. The number of fused-ring (bicyclic) bond motifs is 1. The van der Waals surface area contributed by atoms with E-state index in [0.29, 0.717) is 17.1 Å². The molecule has 1 saturated heterocycles. The molecule has 0 spiro atoms. The molecule has 4 rings (SSSR count). The predicted molar refractivity (Wildman–Crippen MR) is 125 cm³/mol. The highest BCUT2D eigenvalue weighted by Gasteiger charge is 2.43. The SMILES string of the molecule is CC(C)(C)OC(=O)N1CC(Oc2nc(-c3ccc(C#N)cc3)cc3ccccc23)CC1C(=O)O. The third-order valence-electron chi connectivity index (χ3n) is 5.47. The second-order valence-electron chi connectivity index (χ2n) is 9.19. The number of rotatable bonds is 4. The van der Waals surface area contributed by atoms with Crippen LogP contribution in [0.15, 0.2) is 54.6 Å². The van der Waals surface area contributed by atoms with Crippen LogP contribution in [0.3, 0.4) is 0 Å². The number of amides is 1. The molecule has 1 aliphatic heterocycles. The lowest BCUT2D eigenvalue weighted by Gasteiger charge is -2.26. The molecule has 0 bridgehead atoms. The zero-order valence-electron chi connectivity index (χ0n) is 19.2. The van der Waals surface area contributed by atoms with E-state index in [4.69, 9.17) is 19.7 Å². The normalized spacial score (nSPS) is 17.9. The highest BCUT2D eigenvalue weighted by atomic mass is 16.6. The topological polar surface area (TPSA) is 113 Å². The van der Waals surface area contributed by atoms with Gasteiger partial charge in [0.25, 0.3) is 0 Å². The number of aromatic nitrogens is 1. The molecule has 2 atom stereocenters. The summed E-state index contributed by atoms with van der Waals surface area (Å²) < 4.78 is 11.6. The summed E-state index contributed by atoms with van der Waals surface area (Å²) in [5, 5.41) is 20.4. The lowest BCUT2D eigenvalue weighted by Crippen LogP contribution is -2.43. The van der Waals surface area contributed by atoms with Crippen LogP contribution in [0.4, 0.5) is 4.79 Å². The average Bonchev–Trinajstić information content (AvgIpc) is 3.22. The molecule has 8 heteroatoms. The minimum absolute atomic E-state index is 0.0724. The lowest BCUT2D eigenvalue weighted by molar-refractivity contribution is -0.142. The number of carboxylic acid groups (broad SMARTS) is 1. The summed E-state index contributed by atoms with van der Waals surface area (Å²) >= 11 is 0. The molecular formula is C26H25N3O5. The monoisotopic (exact) mass is 459 g/mol. The lowest BCUT2D eigenvalue weighted by atomic mass is 10.1. The van der Waals surface area contributed by atoms with Crippen molar-refractivity contribution >= 4 is 22.8 Å². The Morgan fingerprint density at radius 1 is 1.15 bits per heavy atom. The molecule has 0 radical (unpaired) electrons. The number of carboxylic acids is 1. The Kier molecular flexibility index (Phi) is 6.12. The van der Waals surface area contributed by atoms with E-state index in [0.717, 1.165) is 16.3 Å². The summed E-state index contributed by atoms with van der Waals surface area (Å²) in [4.78, 5) is 30.4. The van der Waals surface area contributed by atoms with Gasteiger partial charge < -0.3 is 14.6 Å².